The molecule has 0 radical (unpaired) electrons. The molecule has 2 unspecified atom stereocenters. The van der Waals surface area contributed by atoms with Gasteiger partial charge in [-0.15, -0.1) is 10.2 Å². The summed E-state index contributed by atoms with van der Waals surface area (Å²) < 4.78 is 2.22. The third-order valence-electron chi connectivity index (χ3n) is 5.37. The van der Waals surface area contributed by atoms with E-state index in [0.29, 0.717) is 18.3 Å². The number of nitrogens with zero attached hydrogens (tertiary/aromatic N) is 5. The molecule has 1 saturated heterocycles. The molecule has 3 N–H and O–H groups in total. The highest BCUT2D eigenvalue weighted by Gasteiger charge is 2.25. The molecular weight excluding hydrogens is 330 g/mol. The summed E-state index contributed by atoms with van der Waals surface area (Å²) in [4.78, 5) is 18.5. The van der Waals surface area contributed by atoms with Gasteiger partial charge in [0, 0.05) is 45.6 Å². The van der Waals surface area contributed by atoms with E-state index in [4.69, 9.17) is 10.7 Å². The van der Waals surface area contributed by atoms with Crippen LogP contribution in [0.3, 0.4) is 0 Å². The molecule has 1 aromatic rings. The van der Waals surface area contributed by atoms with Crippen LogP contribution in [-0.2, 0) is 17.8 Å². The number of hydrogen-bond acceptors (Lipinski definition) is 4. The van der Waals surface area contributed by atoms with Gasteiger partial charge in [0.15, 0.2) is 5.96 Å². The SMILES string of the molecule is CCNC(=NCC1CCc2nnc(C)n2C1)N1CCCC(CC(N)=O)C1. The standard InChI is InChI=1S/C18H31N7O/c1-3-20-18(24-8-4-5-14(11-24)9-16(19)26)21-10-15-6-7-17-23-22-13(2)25(17)12-15/h14-15H,3-12H2,1-2H3,(H2,19,26)(H,20,21). The number of amides is 1. The molecule has 1 amide bonds. The largest absolute Gasteiger partial charge is 0.370 e. The molecule has 26 heavy (non-hydrogen) atoms. The Kier molecular flexibility index (Phi) is 6.11. The summed E-state index contributed by atoms with van der Waals surface area (Å²) in [5.41, 5.74) is 5.39. The van der Waals surface area contributed by atoms with E-state index >= 15 is 0 Å². The molecule has 2 atom stereocenters. The zero-order valence-electron chi connectivity index (χ0n) is 15.9. The van der Waals surface area contributed by atoms with Gasteiger partial charge in [0.05, 0.1) is 0 Å². The van der Waals surface area contributed by atoms with Crippen molar-refractivity contribution in [3.63, 3.8) is 0 Å². The van der Waals surface area contributed by atoms with E-state index in [-0.39, 0.29) is 5.91 Å². The second-order valence-electron chi connectivity index (χ2n) is 7.50. The van der Waals surface area contributed by atoms with E-state index < -0.39 is 0 Å². The first kappa shape index (κ1) is 18.7. The van der Waals surface area contributed by atoms with Crippen LogP contribution in [0.4, 0.5) is 0 Å². The Hall–Kier alpha value is -2.12. The Morgan fingerprint density at radius 2 is 2.15 bits per heavy atom. The van der Waals surface area contributed by atoms with Crippen LogP contribution >= 0.6 is 0 Å². The number of carbonyl (C=O) groups excluding carboxylic acids is 1. The van der Waals surface area contributed by atoms with E-state index in [1.165, 1.54) is 0 Å². The van der Waals surface area contributed by atoms with Crippen LogP contribution < -0.4 is 11.1 Å². The number of fused-ring (bicyclic) bond motifs is 1. The number of hydrogen-bond donors (Lipinski definition) is 2. The fraction of sp³-hybridized carbons (Fsp3) is 0.778. The van der Waals surface area contributed by atoms with Gasteiger partial charge in [-0.05, 0) is 44.9 Å². The maximum Gasteiger partial charge on any atom is 0.217 e. The van der Waals surface area contributed by atoms with Crippen molar-refractivity contribution in [2.45, 2.75) is 52.5 Å². The number of aromatic nitrogens is 3. The molecule has 2 aliphatic heterocycles. The van der Waals surface area contributed by atoms with Crippen LogP contribution in [0.15, 0.2) is 4.99 Å². The number of aliphatic imine (C=N–C) groups is 1. The number of guanidine groups is 1. The molecule has 8 heteroatoms. The summed E-state index contributed by atoms with van der Waals surface area (Å²) in [7, 11) is 0. The predicted octanol–water partition coefficient (Wildman–Crippen LogP) is 0.702. The van der Waals surface area contributed by atoms with Crippen molar-refractivity contribution >= 4 is 11.9 Å². The van der Waals surface area contributed by atoms with E-state index in [0.717, 1.165) is 76.0 Å². The lowest BCUT2D eigenvalue weighted by molar-refractivity contribution is -0.119. The fourth-order valence-electron chi connectivity index (χ4n) is 4.03. The number of primary amides is 1. The number of piperidine rings is 1. The highest BCUT2D eigenvalue weighted by Crippen LogP contribution is 2.22. The zero-order valence-corrected chi connectivity index (χ0v) is 15.9. The maximum absolute atomic E-state index is 11.3. The number of nitrogens with one attached hydrogen (secondary N) is 1. The van der Waals surface area contributed by atoms with Crippen molar-refractivity contribution in [2.75, 3.05) is 26.2 Å². The minimum Gasteiger partial charge on any atom is -0.370 e. The summed E-state index contributed by atoms with van der Waals surface area (Å²) in [5.74, 6) is 3.69. The van der Waals surface area contributed by atoms with Gasteiger partial charge in [-0.25, -0.2) is 0 Å². The molecule has 3 rings (SSSR count). The van der Waals surface area contributed by atoms with Crippen molar-refractivity contribution in [3.8, 4) is 0 Å². The molecule has 0 aliphatic carbocycles. The number of carbonyl (C=O) groups is 1. The highest BCUT2D eigenvalue weighted by atomic mass is 16.1. The highest BCUT2D eigenvalue weighted by molar-refractivity contribution is 5.80. The third-order valence-corrected chi connectivity index (χ3v) is 5.37. The van der Waals surface area contributed by atoms with Crippen LogP contribution in [0.25, 0.3) is 0 Å². The molecular formula is C18H31N7O. The Bertz CT molecular complexity index is 654. The van der Waals surface area contributed by atoms with Gasteiger partial charge >= 0.3 is 0 Å². The molecule has 2 aliphatic rings. The van der Waals surface area contributed by atoms with Gasteiger partial charge in [0.25, 0.3) is 0 Å². The third kappa shape index (κ3) is 4.53. The van der Waals surface area contributed by atoms with E-state index in [9.17, 15) is 4.79 Å². The van der Waals surface area contributed by atoms with Crippen LogP contribution in [-0.4, -0.2) is 57.7 Å². The Balaban J connectivity index is 1.62. The fourth-order valence-corrected chi connectivity index (χ4v) is 4.03. The lowest BCUT2D eigenvalue weighted by Gasteiger charge is -2.35. The lowest BCUT2D eigenvalue weighted by atomic mass is 9.95. The van der Waals surface area contributed by atoms with Gasteiger partial charge in [0.1, 0.15) is 11.6 Å². The average Bonchev–Trinajstić information content (AvgIpc) is 2.99. The Labute approximate surface area is 155 Å². The predicted molar refractivity (Wildman–Crippen MR) is 101 cm³/mol. The van der Waals surface area contributed by atoms with Gasteiger partial charge in [-0.2, -0.15) is 0 Å². The van der Waals surface area contributed by atoms with Gasteiger partial charge < -0.3 is 20.5 Å². The first-order valence-corrected chi connectivity index (χ1v) is 9.77. The molecule has 0 bridgehead atoms. The zero-order chi connectivity index (χ0) is 18.5. The van der Waals surface area contributed by atoms with Crippen molar-refractivity contribution in [1.82, 2.24) is 25.0 Å². The van der Waals surface area contributed by atoms with Crippen molar-refractivity contribution in [3.05, 3.63) is 11.6 Å². The lowest BCUT2D eigenvalue weighted by Crippen LogP contribution is -2.47. The van der Waals surface area contributed by atoms with Gasteiger partial charge in [-0.1, -0.05) is 0 Å². The summed E-state index contributed by atoms with van der Waals surface area (Å²) in [6.07, 6.45) is 4.69. The number of aryl methyl sites for hydroxylation is 2. The average molecular weight is 361 g/mol. The Morgan fingerprint density at radius 1 is 1.31 bits per heavy atom. The van der Waals surface area contributed by atoms with Crippen LogP contribution in [0.5, 0.6) is 0 Å². The summed E-state index contributed by atoms with van der Waals surface area (Å²) in [6, 6.07) is 0. The van der Waals surface area contributed by atoms with E-state index in [2.05, 4.69) is 31.9 Å². The first-order valence-electron chi connectivity index (χ1n) is 9.77. The smallest absolute Gasteiger partial charge is 0.217 e. The first-order chi connectivity index (χ1) is 12.6. The number of rotatable bonds is 5. The van der Waals surface area contributed by atoms with Crippen LogP contribution in [0.1, 0.15) is 44.3 Å². The molecule has 0 spiro atoms. The van der Waals surface area contributed by atoms with Gasteiger partial charge in [0.2, 0.25) is 5.91 Å². The van der Waals surface area contributed by atoms with Crippen molar-refractivity contribution < 1.29 is 4.79 Å². The topological polar surface area (TPSA) is 101 Å². The van der Waals surface area contributed by atoms with Crippen LogP contribution in [0.2, 0.25) is 0 Å². The van der Waals surface area contributed by atoms with Gasteiger partial charge in [-0.3, -0.25) is 9.79 Å². The van der Waals surface area contributed by atoms with E-state index in [1.807, 2.05) is 6.92 Å². The summed E-state index contributed by atoms with van der Waals surface area (Å²) in [6.45, 7) is 8.54. The summed E-state index contributed by atoms with van der Waals surface area (Å²) in [5, 5.41) is 11.8. The van der Waals surface area contributed by atoms with Crippen molar-refractivity contribution in [2.24, 2.45) is 22.6 Å². The normalized spacial score (nSPS) is 23.6. The monoisotopic (exact) mass is 361 g/mol. The molecule has 144 valence electrons. The quantitative estimate of drug-likeness (QED) is 0.594. The molecule has 1 fully saturated rings. The van der Waals surface area contributed by atoms with Crippen LogP contribution in [0, 0.1) is 18.8 Å². The second-order valence-corrected chi connectivity index (χ2v) is 7.50. The molecule has 0 saturated carbocycles. The molecule has 3 heterocycles. The molecule has 0 aromatic carbocycles. The van der Waals surface area contributed by atoms with E-state index in [1.54, 1.807) is 0 Å². The molecule has 8 nitrogen and oxygen atoms in total. The Morgan fingerprint density at radius 3 is 2.92 bits per heavy atom. The summed E-state index contributed by atoms with van der Waals surface area (Å²) >= 11 is 0. The maximum atomic E-state index is 11.3. The molecule has 1 aromatic heterocycles. The van der Waals surface area contributed by atoms with Crippen molar-refractivity contribution in [1.29, 1.82) is 0 Å². The minimum atomic E-state index is -0.207. The number of nitrogens with two attached hydrogens (primary N) is 1. The minimum absolute atomic E-state index is 0.207. The second kappa shape index (κ2) is 8.51. The number of likely N-dealkylation sites (tertiary alicyclic amines) is 1.